The molecule has 0 saturated carbocycles. The van der Waals surface area contributed by atoms with Crippen LogP contribution in [0.25, 0.3) is 0 Å². The average molecular weight is 246 g/mol. The Kier molecular flexibility index (Phi) is 9.96. The summed E-state index contributed by atoms with van der Waals surface area (Å²) in [6.45, 7) is 5.42. The maximum atomic E-state index is 13.3. The highest BCUT2D eigenvalue weighted by Gasteiger charge is 2.05. The second-order valence-corrected chi connectivity index (χ2v) is 4.03. The van der Waals surface area contributed by atoms with Gasteiger partial charge in [0, 0.05) is 6.54 Å². The van der Waals surface area contributed by atoms with E-state index in [4.69, 9.17) is 0 Å². The van der Waals surface area contributed by atoms with Gasteiger partial charge in [0.05, 0.1) is 6.54 Å². The molecular weight excluding hydrogens is 222 g/mol. The van der Waals surface area contributed by atoms with E-state index >= 15 is 0 Å². The third-order valence-electron chi connectivity index (χ3n) is 2.71. The minimum atomic E-state index is -0.794. The molecule has 4 heteroatoms. The second-order valence-electron chi connectivity index (χ2n) is 4.03. The highest BCUT2D eigenvalue weighted by Crippen LogP contribution is 2.09. The van der Waals surface area contributed by atoms with Gasteiger partial charge in [-0.05, 0) is 25.6 Å². The maximum absolute atomic E-state index is 13.3. The normalized spacial score (nSPS) is 13.5. The van der Waals surface area contributed by atoms with E-state index in [9.17, 15) is 8.78 Å². The SMILES string of the molecule is CCC(CC)CNC/C(F)=C(F)\C=C/CNC. The zero-order chi connectivity index (χ0) is 13.1. The van der Waals surface area contributed by atoms with Crippen molar-refractivity contribution in [2.45, 2.75) is 26.7 Å². The molecular formula is C13H24F2N2. The largest absolute Gasteiger partial charge is 0.316 e. The van der Waals surface area contributed by atoms with Crippen LogP contribution in [0.1, 0.15) is 26.7 Å². The van der Waals surface area contributed by atoms with Gasteiger partial charge < -0.3 is 10.6 Å². The Morgan fingerprint density at radius 2 is 1.88 bits per heavy atom. The van der Waals surface area contributed by atoms with E-state index < -0.39 is 11.7 Å². The van der Waals surface area contributed by atoms with Gasteiger partial charge in [-0.1, -0.05) is 32.8 Å². The molecule has 0 aliphatic heterocycles. The predicted molar refractivity (Wildman–Crippen MR) is 69.3 cm³/mol. The number of halogens is 2. The quantitative estimate of drug-likeness (QED) is 0.611. The Hall–Kier alpha value is -0.740. The summed E-state index contributed by atoms with van der Waals surface area (Å²) in [5.74, 6) is -0.994. The van der Waals surface area contributed by atoms with Gasteiger partial charge in [-0.15, -0.1) is 0 Å². The van der Waals surface area contributed by atoms with Crippen LogP contribution in [-0.4, -0.2) is 26.7 Å². The van der Waals surface area contributed by atoms with Gasteiger partial charge in [-0.3, -0.25) is 0 Å². The van der Waals surface area contributed by atoms with Crippen LogP contribution in [0, 0.1) is 5.92 Å². The Morgan fingerprint density at radius 3 is 2.41 bits per heavy atom. The lowest BCUT2D eigenvalue weighted by molar-refractivity contribution is 0.438. The lowest BCUT2D eigenvalue weighted by Crippen LogP contribution is -2.23. The molecule has 0 spiro atoms. The number of rotatable bonds is 9. The minimum absolute atomic E-state index is 0.0355. The third kappa shape index (κ3) is 8.05. The first-order chi connectivity index (χ1) is 8.15. The summed E-state index contributed by atoms with van der Waals surface area (Å²) in [4.78, 5) is 0. The zero-order valence-corrected chi connectivity index (χ0v) is 11.0. The first-order valence-electron chi connectivity index (χ1n) is 6.21. The fourth-order valence-corrected chi connectivity index (χ4v) is 1.42. The monoisotopic (exact) mass is 246 g/mol. The lowest BCUT2D eigenvalue weighted by atomic mass is 10.0. The molecule has 100 valence electrons. The molecule has 0 aliphatic carbocycles. The van der Waals surface area contributed by atoms with Gasteiger partial charge in [-0.25, -0.2) is 8.78 Å². The maximum Gasteiger partial charge on any atom is 0.155 e. The molecule has 0 fully saturated rings. The molecule has 0 aromatic carbocycles. The summed E-state index contributed by atoms with van der Waals surface area (Å²) >= 11 is 0. The summed E-state index contributed by atoms with van der Waals surface area (Å²) in [5.41, 5.74) is 0. The van der Waals surface area contributed by atoms with Gasteiger partial charge in [0.2, 0.25) is 0 Å². The number of likely N-dealkylation sites (N-methyl/N-ethyl adjacent to an activating group) is 1. The van der Waals surface area contributed by atoms with Gasteiger partial charge >= 0.3 is 0 Å². The summed E-state index contributed by atoms with van der Waals surface area (Å²) in [7, 11) is 1.75. The highest BCUT2D eigenvalue weighted by atomic mass is 19.2. The van der Waals surface area contributed by atoms with Crippen molar-refractivity contribution in [3.05, 3.63) is 23.8 Å². The van der Waals surface area contributed by atoms with Gasteiger partial charge in [0.15, 0.2) is 5.83 Å². The molecule has 2 nitrogen and oxygen atoms in total. The first-order valence-corrected chi connectivity index (χ1v) is 6.21. The van der Waals surface area contributed by atoms with E-state index in [-0.39, 0.29) is 6.54 Å². The fraction of sp³-hybridized carbons (Fsp3) is 0.692. The molecule has 0 atom stereocenters. The molecule has 0 aromatic rings. The Labute approximate surface area is 103 Å². The molecule has 0 amide bonds. The van der Waals surface area contributed by atoms with E-state index in [2.05, 4.69) is 24.5 Å². The van der Waals surface area contributed by atoms with Crippen molar-refractivity contribution in [3.63, 3.8) is 0 Å². The summed E-state index contributed by atoms with van der Waals surface area (Å²) in [6, 6.07) is 0. The molecule has 0 radical (unpaired) electrons. The number of nitrogens with one attached hydrogen (secondary N) is 2. The van der Waals surface area contributed by atoms with Gasteiger partial charge in [0.25, 0.3) is 0 Å². The molecule has 0 heterocycles. The first kappa shape index (κ1) is 16.3. The van der Waals surface area contributed by atoms with E-state index in [0.29, 0.717) is 12.5 Å². The number of hydrogen-bond acceptors (Lipinski definition) is 2. The summed E-state index contributed by atoms with van der Waals surface area (Å²) in [5, 5.41) is 5.76. The van der Waals surface area contributed by atoms with Crippen LogP contribution in [0.5, 0.6) is 0 Å². The smallest absolute Gasteiger partial charge is 0.155 e. The fourth-order valence-electron chi connectivity index (χ4n) is 1.42. The van der Waals surface area contributed by atoms with Gasteiger partial charge in [0.1, 0.15) is 5.83 Å². The molecule has 0 unspecified atom stereocenters. The van der Waals surface area contributed by atoms with Crippen LogP contribution < -0.4 is 10.6 Å². The van der Waals surface area contributed by atoms with Crippen LogP contribution in [0.3, 0.4) is 0 Å². The van der Waals surface area contributed by atoms with Crippen molar-refractivity contribution in [1.82, 2.24) is 10.6 Å². The van der Waals surface area contributed by atoms with E-state index in [1.54, 1.807) is 13.1 Å². The van der Waals surface area contributed by atoms with Crippen LogP contribution in [-0.2, 0) is 0 Å². The number of allylic oxidation sites excluding steroid dienone is 2. The summed E-state index contributed by atoms with van der Waals surface area (Å²) < 4.78 is 26.4. The Balaban J connectivity index is 3.97. The second kappa shape index (κ2) is 10.4. The third-order valence-corrected chi connectivity index (χ3v) is 2.71. The predicted octanol–water partition coefficient (Wildman–Crippen LogP) is 2.94. The molecule has 0 aliphatic rings. The van der Waals surface area contributed by atoms with Crippen molar-refractivity contribution in [2.75, 3.05) is 26.7 Å². The van der Waals surface area contributed by atoms with Crippen molar-refractivity contribution in [1.29, 1.82) is 0 Å². The zero-order valence-electron chi connectivity index (χ0n) is 11.0. The molecule has 0 rings (SSSR count). The topological polar surface area (TPSA) is 24.1 Å². The van der Waals surface area contributed by atoms with Crippen LogP contribution in [0.2, 0.25) is 0 Å². The molecule has 0 aromatic heterocycles. The minimum Gasteiger partial charge on any atom is -0.316 e. The van der Waals surface area contributed by atoms with E-state index in [1.165, 1.54) is 0 Å². The standard InChI is InChI=1S/C13H24F2N2/c1-4-11(5-2)9-17-10-13(15)12(14)7-6-8-16-3/h6-7,11,16-17H,4-5,8-10H2,1-3H3/b7-6-,13-12-. The van der Waals surface area contributed by atoms with E-state index in [1.807, 2.05) is 0 Å². The van der Waals surface area contributed by atoms with Crippen molar-refractivity contribution < 1.29 is 8.78 Å². The Morgan fingerprint density at radius 1 is 1.24 bits per heavy atom. The van der Waals surface area contributed by atoms with Gasteiger partial charge in [-0.2, -0.15) is 0 Å². The average Bonchev–Trinajstić information content (AvgIpc) is 2.34. The van der Waals surface area contributed by atoms with Crippen LogP contribution in [0.15, 0.2) is 23.8 Å². The molecule has 2 N–H and O–H groups in total. The number of hydrogen-bond donors (Lipinski definition) is 2. The van der Waals surface area contributed by atoms with Crippen LogP contribution >= 0.6 is 0 Å². The lowest BCUT2D eigenvalue weighted by Gasteiger charge is -2.12. The van der Waals surface area contributed by atoms with Crippen molar-refractivity contribution in [2.24, 2.45) is 5.92 Å². The summed E-state index contributed by atoms with van der Waals surface area (Å²) in [6.07, 6.45) is 4.82. The van der Waals surface area contributed by atoms with E-state index in [0.717, 1.165) is 25.5 Å². The van der Waals surface area contributed by atoms with Crippen molar-refractivity contribution in [3.8, 4) is 0 Å². The molecule has 0 saturated heterocycles. The molecule has 17 heavy (non-hydrogen) atoms. The van der Waals surface area contributed by atoms with Crippen molar-refractivity contribution >= 4 is 0 Å². The Bertz CT molecular complexity index is 246. The highest BCUT2D eigenvalue weighted by molar-refractivity contribution is 5.16. The van der Waals surface area contributed by atoms with Crippen LogP contribution in [0.4, 0.5) is 8.78 Å². The molecule has 0 bridgehead atoms.